The molecule has 2 atom stereocenters. The van der Waals surface area contributed by atoms with E-state index in [0.29, 0.717) is 0 Å². The Morgan fingerprint density at radius 2 is 1.38 bits per heavy atom. The molecule has 0 radical (unpaired) electrons. The van der Waals surface area contributed by atoms with E-state index in [-0.39, 0.29) is 48.1 Å². The van der Waals surface area contributed by atoms with Gasteiger partial charge in [0.2, 0.25) is 21.8 Å². The number of imide groups is 1. The number of hydrogen-bond donors (Lipinski definition) is 6. The minimum Gasteiger partial charge on any atom is -0.481 e. The van der Waals surface area contributed by atoms with Crippen molar-refractivity contribution in [2.45, 2.75) is 63.9 Å². The van der Waals surface area contributed by atoms with Crippen molar-refractivity contribution in [1.29, 1.82) is 0 Å². The lowest BCUT2D eigenvalue weighted by atomic mass is 10.00. The standard InChI is InChI=1S/C23H35N5O8S/c1-13(2)11-17(22(33)28-20(31)15-5-7-16(8-6-15)37(24,35)36)26-21(32)18(12-14(3)4)27-23(34)25-10-9-19(29)30/h5-8,13-14,17-18H,9-12H2,1-4H3,(H,26,32)(H,29,30)(H2,24,35,36)(H2,25,27,34)(H,28,31,33). The second-order valence-corrected chi connectivity index (χ2v) is 10.9. The van der Waals surface area contributed by atoms with E-state index >= 15 is 0 Å². The molecule has 0 saturated carbocycles. The van der Waals surface area contributed by atoms with E-state index in [1.54, 1.807) is 0 Å². The Morgan fingerprint density at radius 3 is 1.84 bits per heavy atom. The van der Waals surface area contributed by atoms with Crippen LogP contribution in [0.3, 0.4) is 0 Å². The van der Waals surface area contributed by atoms with Crippen LogP contribution in [0.1, 0.15) is 57.3 Å². The van der Waals surface area contributed by atoms with Crippen molar-refractivity contribution in [3.63, 3.8) is 0 Å². The fraction of sp³-hybridized carbons (Fsp3) is 0.522. The molecule has 0 heterocycles. The van der Waals surface area contributed by atoms with Crippen molar-refractivity contribution in [3.05, 3.63) is 29.8 Å². The number of carbonyl (C=O) groups excluding carboxylic acids is 4. The van der Waals surface area contributed by atoms with Gasteiger partial charge in [-0.3, -0.25) is 24.5 Å². The molecule has 0 bridgehead atoms. The van der Waals surface area contributed by atoms with Gasteiger partial charge in [0.25, 0.3) is 5.91 Å². The zero-order valence-electron chi connectivity index (χ0n) is 21.2. The summed E-state index contributed by atoms with van der Waals surface area (Å²) >= 11 is 0. The number of nitrogens with two attached hydrogens (primary N) is 1. The van der Waals surface area contributed by atoms with Gasteiger partial charge in [-0.15, -0.1) is 0 Å². The lowest BCUT2D eigenvalue weighted by molar-refractivity contribution is -0.136. The van der Waals surface area contributed by atoms with Crippen molar-refractivity contribution >= 4 is 39.7 Å². The third-order valence-electron chi connectivity index (χ3n) is 4.98. The largest absolute Gasteiger partial charge is 0.481 e. The van der Waals surface area contributed by atoms with Gasteiger partial charge < -0.3 is 21.1 Å². The number of urea groups is 1. The number of carboxylic acids is 1. The predicted molar refractivity (Wildman–Crippen MR) is 134 cm³/mol. The Kier molecular flexibility index (Phi) is 12.2. The molecule has 0 aliphatic rings. The van der Waals surface area contributed by atoms with Crippen LogP contribution in [0.5, 0.6) is 0 Å². The average molecular weight is 542 g/mol. The number of rotatable bonds is 13. The zero-order chi connectivity index (χ0) is 28.3. The van der Waals surface area contributed by atoms with Crippen LogP contribution < -0.4 is 26.4 Å². The van der Waals surface area contributed by atoms with Gasteiger partial charge in [0, 0.05) is 12.1 Å². The molecule has 5 amide bonds. The summed E-state index contributed by atoms with van der Waals surface area (Å²) in [6, 6.07) is 1.80. The third kappa shape index (κ3) is 11.8. The maximum atomic E-state index is 13.0. The van der Waals surface area contributed by atoms with E-state index in [1.807, 2.05) is 27.7 Å². The normalized spacial score (nSPS) is 12.9. The molecule has 0 aliphatic carbocycles. The Labute approximate surface area is 216 Å². The molecule has 0 aromatic heterocycles. The first-order valence-corrected chi connectivity index (χ1v) is 13.2. The molecule has 0 aliphatic heterocycles. The molecule has 14 heteroatoms. The van der Waals surface area contributed by atoms with E-state index in [2.05, 4.69) is 21.3 Å². The molecular formula is C23H35N5O8S. The predicted octanol–water partition coefficient (Wildman–Crippen LogP) is 0.310. The number of carboxylic acid groups (broad SMARTS) is 1. The number of sulfonamides is 1. The van der Waals surface area contributed by atoms with Crippen LogP contribution >= 0.6 is 0 Å². The first-order chi connectivity index (χ1) is 17.1. The highest BCUT2D eigenvalue weighted by Gasteiger charge is 2.29. The number of amides is 5. The molecule has 37 heavy (non-hydrogen) atoms. The molecular weight excluding hydrogens is 506 g/mol. The fourth-order valence-corrected chi connectivity index (χ4v) is 3.75. The first-order valence-electron chi connectivity index (χ1n) is 11.6. The Morgan fingerprint density at radius 1 is 0.865 bits per heavy atom. The maximum absolute atomic E-state index is 13.0. The minimum absolute atomic E-state index is 0.00525. The summed E-state index contributed by atoms with van der Waals surface area (Å²) in [7, 11) is -3.95. The number of primary sulfonamides is 1. The topological polar surface area (TPSA) is 214 Å². The number of carbonyl (C=O) groups is 5. The number of hydrogen-bond acceptors (Lipinski definition) is 7. The van der Waals surface area contributed by atoms with Crippen molar-refractivity contribution < 1.29 is 37.5 Å². The minimum atomic E-state index is -3.95. The SMILES string of the molecule is CC(C)CC(NC(=O)NCCC(=O)O)C(=O)NC(CC(C)C)C(=O)NC(=O)c1ccc(S(N)(=O)=O)cc1. The van der Waals surface area contributed by atoms with Gasteiger partial charge in [-0.2, -0.15) is 0 Å². The lowest BCUT2D eigenvalue weighted by Gasteiger charge is -2.25. The molecule has 7 N–H and O–H groups in total. The van der Waals surface area contributed by atoms with Gasteiger partial charge in [-0.1, -0.05) is 27.7 Å². The van der Waals surface area contributed by atoms with Crippen LogP contribution in [0, 0.1) is 11.8 Å². The monoisotopic (exact) mass is 541 g/mol. The van der Waals surface area contributed by atoms with Crippen LogP contribution in [0.2, 0.25) is 0 Å². The molecule has 1 aromatic rings. The molecule has 13 nitrogen and oxygen atoms in total. The van der Waals surface area contributed by atoms with Crippen molar-refractivity contribution in [1.82, 2.24) is 21.3 Å². The maximum Gasteiger partial charge on any atom is 0.315 e. The van der Waals surface area contributed by atoms with Gasteiger partial charge in [-0.05, 0) is 48.9 Å². The second-order valence-electron chi connectivity index (χ2n) is 9.30. The van der Waals surface area contributed by atoms with Crippen molar-refractivity contribution in [2.75, 3.05) is 6.54 Å². The number of benzene rings is 1. The highest BCUT2D eigenvalue weighted by Crippen LogP contribution is 2.11. The number of nitrogens with one attached hydrogen (secondary N) is 4. The molecule has 0 fully saturated rings. The summed E-state index contributed by atoms with van der Waals surface area (Å²) in [5.41, 5.74) is 0.00718. The van der Waals surface area contributed by atoms with Crippen LogP contribution in [-0.4, -0.2) is 61.9 Å². The molecule has 1 rings (SSSR count). The first kappa shape index (κ1) is 31.5. The summed E-state index contributed by atoms with van der Waals surface area (Å²) in [6.45, 7) is 7.18. The zero-order valence-corrected chi connectivity index (χ0v) is 22.1. The third-order valence-corrected chi connectivity index (χ3v) is 5.90. The van der Waals surface area contributed by atoms with Gasteiger partial charge in [0.1, 0.15) is 12.1 Å². The lowest BCUT2D eigenvalue weighted by Crippen LogP contribution is -2.56. The van der Waals surface area contributed by atoms with Crippen LogP contribution in [0.15, 0.2) is 29.2 Å². The van der Waals surface area contributed by atoms with Gasteiger partial charge in [-0.25, -0.2) is 18.4 Å². The second kappa shape index (κ2) is 14.3. The van der Waals surface area contributed by atoms with Gasteiger partial charge in [0.05, 0.1) is 11.3 Å². The van der Waals surface area contributed by atoms with Crippen LogP contribution in [0.4, 0.5) is 4.79 Å². The Hall–Kier alpha value is -3.52. The number of aliphatic carboxylic acids is 1. The van der Waals surface area contributed by atoms with Crippen LogP contribution in [0.25, 0.3) is 0 Å². The van der Waals surface area contributed by atoms with E-state index in [9.17, 15) is 32.4 Å². The van der Waals surface area contributed by atoms with Crippen LogP contribution in [-0.2, 0) is 24.4 Å². The van der Waals surface area contributed by atoms with Crippen molar-refractivity contribution in [3.8, 4) is 0 Å². The molecule has 1 aromatic carbocycles. The fourth-order valence-electron chi connectivity index (χ4n) is 3.24. The summed E-state index contributed by atoms with van der Waals surface area (Å²) in [5.74, 6) is -3.37. The van der Waals surface area contributed by atoms with E-state index in [4.69, 9.17) is 10.2 Å². The van der Waals surface area contributed by atoms with Crippen molar-refractivity contribution in [2.24, 2.45) is 17.0 Å². The van der Waals surface area contributed by atoms with E-state index < -0.39 is 51.8 Å². The smallest absolute Gasteiger partial charge is 0.315 e. The summed E-state index contributed by atoms with van der Waals surface area (Å²) in [4.78, 5) is 61.0. The molecule has 206 valence electrons. The van der Waals surface area contributed by atoms with Gasteiger partial charge in [0.15, 0.2) is 0 Å². The van der Waals surface area contributed by atoms with E-state index in [1.165, 1.54) is 12.1 Å². The highest BCUT2D eigenvalue weighted by molar-refractivity contribution is 7.89. The average Bonchev–Trinajstić information content (AvgIpc) is 2.76. The summed E-state index contributed by atoms with van der Waals surface area (Å²) in [6.07, 6.45) is 0.141. The Bertz CT molecular complexity index is 1090. The van der Waals surface area contributed by atoms with E-state index in [0.717, 1.165) is 12.1 Å². The van der Waals surface area contributed by atoms with Gasteiger partial charge >= 0.3 is 12.0 Å². The molecule has 0 spiro atoms. The summed E-state index contributed by atoms with van der Waals surface area (Å²) in [5, 5.41) is 23.4. The Balaban J connectivity index is 2.94. The molecule has 2 unspecified atom stereocenters. The molecule has 0 saturated heterocycles. The summed E-state index contributed by atoms with van der Waals surface area (Å²) < 4.78 is 22.8. The highest BCUT2D eigenvalue weighted by atomic mass is 32.2. The quantitative estimate of drug-likeness (QED) is 0.204.